The highest BCUT2D eigenvalue weighted by atomic mass is 33.1. The maximum absolute atomic E-state index is 12.3. The number of hydrogen-bond acceptors (Lipinski definition) is 8. The van der Waals surface area contributed by atoms with Gasteiger partial charge in [-0.15, -0.1) is 0 Å². The van der Waals surface area contributed by atoms with Gasteiger partial charge in [0.1, 0.15) is 17.8 Å². The molecule has 0 saturated heterocycles. The first-order valence-corrected chi connectivity index (χ1v) is 15.7. The Kier molecular flexibility index (Phi) is 22.4. The monoisotopic (exact) mass is 560 g/mol. The van der Waals surface area contributed by atoms with E-state index in [0.717, 1.165) is 25.5 Å². The first kappa shape index (κ1) is 36.0. The summed E-state index contributed by atoms with van der Waals surface area (Å²) in [5, 5.41) is 5.89. The standard InChI is InChI=1S/C26H46N2O5S2.C2H6/c1-21(2)9-8-14-30-15-16-31-17-18-32-24(34-35-26(3,4)5)20-33-23-11-7-10-22(19-23)25(29)28-13-12-27-6;1-2/h7,10-11,19,21,24,27H,8-9,12-18,20H2,1-6H3,(H,28,29);1-2H3. The molecule has 37 heavy (non-hydrogen) atoms. The molecule has 2 N–H and O–H groups in total. The van der Waals surface area contributed by atoms with Crippen molar-refractivity contribution in [3.63, 3.8) is 0 Å². The highest BCUT2D eigenvalue weighted by Gasteiger charge is 2.18. The number of carbonyl (C=O) groups excluding carboxylic acids is 1. The molecule has 1 aromatic rings. The van der Waals surface area contributed by atoms with E-state index in [-0.39, 0.29) is 16.1 Å². The van der Waals surface area contributed by atoms with Crippen LogP contribution in [0.15, 0.2) is 24.3 Å². The molecule has 9 heteroatoms. The van der Waals surface area contributed by atoms with E-state index in [0.29, 0.717) is 50.9 Å². The average molecular weight is 561 g/mol. The van der Waals surface area contributed by atoms with Crippen LogP contribution in [0.2, 0.25) is 0 Å². The van der Waals surface area contributed by atoms with Crippen LogP contribution in [-0.2, 0) is 14.2 Å². The molecule has 0 bridgehead atoms. The number of amides is 1. The molecule has 0 aliphatic heterocycles. The Labute approximate surface area is 234 Å². The molecule has 0 aromatic heterocycles. The fourth-order valence-electron chi connectivity index (χ4n) is 2.75. The van der Waals surface area contributed by atoms with Gasteiger partial charge in [0.05, 0.1) is 26.4 Å². The number of ether oxygens (including phenoxy) is 4. The van der Waals surface area contributed by atoms with Gasteiger partial charge >= 0.3 is 0 Å². The zero-order valence-electron chi connectivity index (χ0n) is 24.4. The van der Waals surface area contributed by atoms with Gasteiger partial charge in [-0.3, -0.25) is 4.79 Å². The Morgan fingerprint density at radius 2 is 1.68 bits per heavy atom. The summed E-state index contributed by atoms with van der Waals surface area (Å²) < 4.78 is 23.4. The van der Waals surface area contributed by atoms with E-state index in [1.165, 1.54) is 6.42 Å². The molecule has 1 aromatic carbocycles. The van der Waals surface area contributed by atoms with Gasteiger partial charge in [-0.25, -0.2) is 0 Å². The van der Waals surface area contributed by atoms with Crippen LogP contribution < -0.4 is 15.4 Å². The van der Waals surface area contributed by atoms with Gasteiger partial charge in [0, 0.05) is 30.0 Å². The molecular weight excluding hydrogens is 508 g/mol. The number of carbonyl (C=O) groups is 1. The molecule has 0 heterocycles. The molecule has 0 radical (unpaired) electrons. The van der Waals surface area contributed by atoms with Crippen LogP contribution in [0.4, 0.5) is 0 Å². The summed E-state index contributed by atoms with van der Waals surface area (Å²) in [6, 6.07) is 7.23. The molecule has 0 spiro atoms. The second-order valence-corrected chi connectivity index (χ2v) is 12.7. The molecule has 216 valence electrons. The van der Waals surface area contributed by atoms with Gasteiger partial charge in [0.15, 0.2) is 0 Å². The minimum atomic E-state index is -0.164. The summed E-state index contributed by atoms with van der Waals surface area (Å²) in [6.07, 6.45) is 2.28. The summed E-state index contributed by atoms with van der Waals surface area (Å²) >= 11 is 0. The van der Waals surface area contributed by atoms with Crippen molar-refractivity contribution in [3.8, 4) is 5.75 Å². The van der Waals surface area contributed by atoms with Crippen LogP contribution in [0.25, 0.3) is 0 Å². The lowest BCUT2D eigenvalue weighted by Crippen LogP contribution is -2.30. The predicted octanol–water partition coefficient (Wildman–Crippen LogP) is 6.03. The fraction of sp³-hybridized carbons (Fsp3) is 0.750. The van der Waals surface area contributed by atoms with Gasteiger partial charge < -0.3 is 29.6 Å². The van der Waals surface area contributed by atoms with E-state index in [1.807, 2.05) is 33.0 Å². The minimum absolute atomic E-state index is 0.0983. The fourth-order valence-corrected chi connectivity index (χ4v) is 4.94. The smallest absolute Gasteiger partial charge is 0.251 e. The first-order chi connectivity index (χ1) is 17.7. The number of likely N-dealkylation sites (N-methyl/N-ethyl adjacent to an activating group) is 1. The van der Waals surface area contributed by atoms with Gasteiger partial charge in [-0.1, -0.05) is 76.1 Å². The summed E-state index contributed by atoms with van der Waals surface area (Å²) in [4.78, 5) is 12.3. The second kappa shape index (κ2) is 23.0. The summed E-state index contributed by atoms with van der Waals surface area (Å²) in [5.41, 5.74) is 0.413. The van der Waals surface area contributed by atoms with Gasteiger partial charge in [0.2, 0.25) is 0 Å². The van der Waals surface area contributed by atoms with Crippen molar-refractivity contribution in [3.05, 3.63) is 29.8 Å². The van der Waals surface area contributed by atoms with E-state index in [4.69, 9.17) is 18.9 Å². The molecule has 0 fully saturated rings. The first-order valence-electron chi connectivity index (χ1n) is 13.5. The normalized spacial score (nSPS) is 12.1. The van der Waals surface area contributed by atoms with Crippen LogP contribution in [0, 0.1) is 5.92 Å². The van der Waals surface area contributed by atoms with Crippen molar-refractivity contribution in [1.29, 1.82) is 0 Å². The van der Waals surface area contributed by atoms with Crippen molar-refractivity contribution in [1.82, 2.24) is 10.6 Å². The van der Waals surface area contributed by atoms with Crippen molar-refractivity contribution in [2.75, 3.05) is 59.8 Å². The maximum Gasteiger partial charge on any atom is 0.251 e. The quantitative estimate of drug-likeness (QED) is 0.114. The van der Waals surface area contributed by atoms with Crippen molar-refractivity contribution >= 4 is 27.5 Å². The zero-order valence-corrected chi connectivity index (χ0v) is 26.0. The molecule has 0 aliphatic rings. The van der Waals surface area contributed by atoms with Crippen LogP contribution in [0.5, 0.6) is 5.75 Å². The lowest BCUT2D eigenvalue weighted by molar-refractivity contribution is 0.00107. The van der Waals surface area contributed by atoms with Crippen LogP contribution in [-0.4, -0.2) is 75.9 Å². The Morgan fingerprint density at radius 3 is 2.32 bits per heavy atom. The van der Waals surface area contributed by atoms with Crippen LogP contribution in [0.3, 0.4) is 0 Å². The van der Waals surface area contributed by atoms with E-state index < -0.39 is 0 Å². The molecule has 1 amide bonds. The van der Waals surface area contributed by atoms with Crippen LogP contribution in [0.1, 0.15) is 71.7 Å². The Bertz CT molecular complexity index is 687. The van der Waals surface area contributed by atoms with Crippen molar-refractivity contribution in [2.45, 2.75) is 71.5 Å². The maximum atomic E-state index is 12.3. The molecule has 1 atom stereocenters. The third-order valence-corrected chi connectivity index (χ3v) is 8.04. The van der Waals surface area contributed by atoms with E-state index in [2.05, 4.69) is 45.3 Å². The van der Waals surface area contributed by atoms with E-state index >= 15 is 0 Å². The average Bonchev–Trinajstić information content (AvgIpc) is 2.87. The third kappa shape index (κ3) is 21.6. The lowest BCUT2D eigenvalue weighted by atomic mass is 10.1. The minimum Gasteiger partial charge on any atom is -0.490 e. The molecule has 1 rings (SSSR count). The number of nitrogens with one attached hydrogen (secondary N) is 2. The Hall–Kier alpha value is -0.970. The summed E-state index contributed by atoms with van der Waals surface area (Å²) in [6.45, 7) is 19.6. The number of hydrogen-bond donors (Lipinski definition) is 2. The molecule has 0 aliphatic carbocycles. The molecular formula is C28H52N2O5S2. The zero-order chi connectivity index (χ0) is 27.9. The molecule has 7 nitrogen and oxygen atoms in total. The van der Waals surface area contributed by atoms with Crippen LogP contribution >= 0.6 is 21.6 Å². The highest BCUT2D eigenvalue weighted by molar-refractivity contribution is 8.77. The van der Waals surface area contributed by atoms with E-state index in [9.17, 15) is 4.79 Å². The third-order valence-electron chi connectivity index (χ3n) is 4.52. The highest BCUT2D eigenvalue weighted by Crippen LogP contribution is 2.38. The Morgan fingerprint density at radius 1 is 1.00 bits per heavy atom. The van der Waals surface area contributed by atoms with Gasteiger partial charge in [-0.2, -0.15) is 0 Å². The van der Waals surface area contributed by atoms with Crippen molar-refractivity contribution in [2.24, 2.45) is 5.92 Å². The largest absolute Gasteiger partial charge is 0.490 e. The summed E-state index contributed by atoms with van der Waals surface area (Å²) in [5.74, 6) is 1.25. The lowest BCUT2D eigenvalue weighted by Gasteiger charge is -2.22. The predicted molar refractivity (Wildman–Crippen MR) is 160 cm³/mol. The van der Waals surface area contributed by atoms with Crippen molar-refractivity contribution < 1.29 is 23.7 Å². The number of benzene rings is 1. The van der Waals surface area contributed by atoms with Gasteiger partial charge in [-0.05, 0) is 44.0 Å². The van der Waals surface area contributed by atoms with Gasteiger partial charge in [0.25, 0.3) is 5.91 Å². The SMILES string of the molecule is CC.CNCCNC(=O)c1cccc(OCC(OCCOCCOCCCC(C)C)SSC(C)(C)C)c1. The number of rotatable bonds is 20. The molecule has 1 unspecified atom stereocenters. The summed E-state index contributed by atoms with van der Waals surface area (Å²) in [7, 11) is 5.27. The Balaban J connectivity index is 0.00000631. The topological polar surface area (TPSA) is 78.1 Å². The second-order valence-electron chi connectivity index (χ2n) is 9.55. The molecule has 0 saturated carbocycles. The van der Waals surface area contributed by atoms with E-state index in [1.54, 1.807) is 33.7 Å².